The molecule has 16 heteroatoms. The second kappa shape index (κ2) is 15.8. The number of anilines is 3. The Labute approximate surface area is 309 Å². The van der Waals surface area contributed by atoms with Crippen LogP contribution in [-0.4, -0.2) is 104 Å². The minimum absolute atomic E-state index is 0.0267. The van der Waals surface area contributed by atoms with E-state index in [1.165, 1.54) is 23.0 Å². The Hall–Kier alpha value is -5.18. The van der Waals surface area contributed by atoms with E-state index < -0.39 is 41.5 Å². The number of hydrogen-bond donors (Lipinski definition) is 2. The summed E-state index contributed by atoms with van der Waals surface area (Å²) in [5.74, 6) is -1.02. The van der Waals surface area contributed by atoms with Gasteiger partial charge < -0.3 is 40.1 Å². The Balaban J connectivity index is 1.13. The third-order valence-corrected chi connectivity index (χ3v) is 10.3. The van der Waals surface area contributed by atoms with E-state index in [1.54, 1.807) is 29.2 Å². The molecule has 1 atom stereocenters. The van der Waals surface area contributed by atoms with Gasteiger partial charge in [-0.15, -0.1) is 0 Å². The van der Waals surface area contributed by atoms with Crippen molar-refractivity contribution in [3.63, 3.8) is 0 Å². The van der Waals surface area contributed by atoms with Crippen molar-refractivity contribution in [2.24, 2.45) is 0 Å². The van der Waals surface area contributed by atoms with Gasteiger partial charge in [0.2, 0.25) is 0 Å². The second-order valence-corrected chi connectivity index (χ2v) is 13.6. The van der Waals surface area contributed by atoms with Gasteiger partial charge in [0.15, 0.2) is 6.10 Å². The van der Waals surface area contributed by atoms with E-state index in [0.717, 1.165) is 23.0 Å². The Kier molecular flexibility index (Phi) is 11.2. The lowest BCUT2D eigenvalue weighted by atomic mass is 10.0. The van der Waals surface area contributed by atoms with Crippen molar-refractivity contribution in [2.75, 3.05) is 68.9 Å². The molecule has 0 saturated carbocycles. The summed E-state index contributed by atoms with van der Waals surface area (Å²) < 4.78 is 52.0. The summed E-state index contributed by atoms with van der Waals surface area (Å²) in [4.78, 5) is 59.3. The fourth-order valence-corrected chi connectivity index (χ4v) is 7.27. The number of halogens is 4. The predicted octanol–water partition coefficient (Wildman–Crippen LogP) is 5.68. The molecule has 3 aliphatic heterocycles. The molecule has 2 saturated heterocycles. The molecule has 0 radical (unpaired) electrons. The number of piperazine rings is 1. The molecule has 3 aromatic rings. The maximum absolute atomic E-state index is 14.0. The Morgan fingerprint density at radius 3 is 2.28 bits per heavy atom. The number of ether oxygens (including phenoxy) is 2. The van der Waals surface area contributed by atoms with Crippen LogP contribution in [0.2, 0.25) is 5.02 Å². The lowest BCUT2D eigenvalue weighted by molar-refractivity contribution is -0.141. The summed E-state index contributed by atoms with van der Waals surface area (Å²) in [5, 5.41) is 2.64. The number of carbonyl (C=O) groups is 4. The van der Waals surface area contributed by atoms with E-state index in [1.807, 2.05) is 29.2 Å². The molecule has 12 nitrogen and oxygen atoms in total. The molecule has 6 rings (SSSR count). The van der Waals surface area contributed by atoms with Crippen LogP contribution in [0.15, 0.2) is 60.7 Å². The molecule has 0 bridgehead atoms. The number of esters is 1. The number of hydrogen-bond acceptors (Lipinski definition) is 8. The molecule has 3 heterocycles. The first-order chi connectivity index (χ1) is 25.3. The van der Waals surface area contributed by atoms with Crippen molar-refractivity contribution in [3.05, 3.63) is 87.9 Å². The van der Waals surface area contributed by atoms with Crippen molar-refractivity contribution in [1.82, 2.24) is 14.7 Å². The first kappa shape index (κ1) is 37.6. The van der Waals surface area contributed by atoms with E-state index in [4.69, 9.17) is 26.8 Å². The first-order valence-electron chi connectivity index (χ1n) is 17.3. The fourth-order valence-electron chi connectivity index (χ4n) is 7.03. The van der Waals surface area contributed by atoms with Gasteiger partial charge in [0, 0.05) is 69.7 Å². The number of carbonyl (C=O) groups excluding carboxylic acids is 4. The highest BCUT2D eigenvalue weighted by atomic mass is 35.5. The van der Waals surface area contributed by atoms with Gasteiger partial charge in [-0.25, -0.2) is 14.4 Å². The largest absolute Gasteiger partial charge is 0.465 e. The number of urea groups is 1. The van der Waals surface area contributed by atoms with Crippen LogP contribution in [0.5, 0.6) is 0 Å². The number of likely N-dealkylation sites (tertiary alicyclic amines) is 1. The summed E-state index contributed by atoms with van der Waals surface area (Å²) in [5.41, 5.74) is 6.93. The number of amides is 4. The molecule has 3 aromatic carbocycles. The Morgan fingerprint density at radius 2 is 1.62 bits per heavy atom. The van der Waals surface area contributed by atoms with Crippen LogP contribution in [0.25, 0.3) is 0 Å². The van der Waals surface area contributed by atoms with Gasteiger partial charge >= 0.3 is 24.3 Å². The molecule has 3 N–H and O–H groups in total. The zero-order valence-corrected chi connectivity index (χ0v) is 29.8. The number of para-hydroxylation sites is 1. The number of methoxy groups -OCH3 is 1. The number of benzene rings is 3. The SMILES string of the molecule is COC(=O)c1ccc(N2CCN(C(=O)[C@@H](Cc3cc(Cl)c(N)c(C(F)(F)F)c3)OC(=O)N3CCC(N4CCc5ccccc5NC4=O)CC3)CC2)cc1. The number of nitrogens with zero attached hydrogens (tertiary/aromatic N) is 4. The lowest BCUT2D eigenvalue weighted by Crippen LogP contribution is -2.54. The molecule has 282 valence electrons. The fraction of sp³-hybridized carbons (Fsp3) is 0.405. The topological polar surface area (TPSA) is 138 Å². The number of nitrogens with one attached hydrogen (secondary N) is 1. The summed E-state index contributed by atoms with van der Waals surface area (Å²) in [6.07, 6.45) is -5.78. The van der Waals surface area contributed by atoms with E-state index in [2.05, 4.69) is 5.32 Å². The quantitative estimate of drug-likeness (QED) is 0.232. The van der Waals surface area contributed by atoms with Gasteiger partial charge in [0.1, 0.15) is 0 Å². The number of fused-ring (bicyclic) bond motifs is 1. The molecular formula is C37H40ClF3N6O6. The number of piperidine rings is 1. The van der Waals surface area contributed by atoms with Crippen molar-refractivity contribution >= 4 is 52.7 Å². The van der Waals surface area contributed by atoms with Gasteiger partial charge in [-0.1, -0.05) is 29.8 Å². The van der Waals surface area contributed by atoms with Crippen LogP contribution in [0, 0.1) is 0 Å². The second-order valence-electron chi connectivity index (χ2n) is 13.2. The maximum atomic E-state index is 14.0. The summed E-state index contributed by atoms with van der Waals surface area (Å²) in [6.45, 7) is 2.34. The number of nitrogen functional groups attached to an aromatic ring is 1. The highest BCUT2D eigenvalue weighted by Crippen LogP contribution is 2.38. The summed E-state index contributed by atoms with van der Waals surface area (Å²) in [7, 11) is 1.30. The molecule has 53 heavy (non-hydrogen) atoms. The standard InChI is InChI=1S/C37H40ClF3N6O6/c1-52-34(49)25-6-8-26(9-7-25)44-16-18-45(19-17-44)33(48)31(22-23-20-28(37(39,40)41)32(42)29(38)21-23)53-36(51)46-13-11-27(12-14-46)47-15-10-24-4-2-3-5-30(24)43-35(47)50/h2-9,20-21,27,31H,10-19,22,42H2,1H3,(H,43,50)/t31-/m1/s1. The first-order valence-corrected chi connectivity index (χ1v) is 17.7. The number of nitrogens with two attached hydrogens (primary N) is 1. The molecular weight excluding hydrogens is 717 g/mol. The van der Waals surface area contributed by atoms with Crippen LogP contribution < -0.4 is 16.0 Å². The molecule has 0 spiro atoms. The average molecular weight is 757 g/mol. The van der Waals surface area contributed by atoms with Crippen LogP contribution in [-0.2, 0) is 33.3 Å². The zero-order valence-electron chi connectivity index (χ0n) is 29.0. The van der Waals surface area contributed by atoms with E-state index in [0.29, 0.717) is 44.5 Å². The van der Waals surface area contributed by atoms with E-state index in [-0.39, 0.29) is 55.3 Å². The molecule has 2 fully saturated rings. The molecule has 0 unspecified atom stereocenters. The Morgan fingerprint density at radius 1 is 0.943 bits per heavy atom. The van der Waals surface area contributed by atoms with Crippen molar-refractivity contribution in [1.29, 1.82) is 0 Å². The Bertz CT molecular complexity index is 1850. The normalized spacial score (nSPS) is 17.4. The smallest absolute Gasteiger partial charge is 0.418 e. The highest BCUT2D eigenvalue weighted by Gasteiger charge is 2.38. The monoisotopic (exact) mass is 756 g/mol. The minimum atomic E-state index is -4.80. The number of rotatable bonds is 7. The molecule has 4 amide bonds. The van der Waals surface area contributed by atoms with E-state index in [9.17, 15) is 32.3 Å². The lowest BCUT2D eigenvalue weighted by Gasteiger charge is -2.39. The van der Waals surface area contributed by atoms with Crippen LogP contribution in [0.1, 0.15) is 39.9 Å². The molecule has 3 aliphatic rings. The highest BCUT2D eigenvalue weighted by molar-refractivity contribution is 6.33. The van der Waals surface area contributed by atoms with Crippen molar-refractivity contribution in [2.45, 2.75) is 44.0 Å². The number of alkyl halides is 3. The van der Waals surface area contributed by atoms with Gasteiger partial charge in [0.25, 0.3) is 5.91 Å². The van der Waals surface area contributed by atoms with Crippen LogP contribution >= 0.6 is 11.6 Å². The molecule has 0 aromatic heterocycles. The third-order valence-electron chi connectivity index (χ3n) is 9.98. The van der Waals surface area contributed by atoms with Crippen LogP contribution in [0.4, 0.5) is 39.8 Å². The average Bonchev–Trinajstić information content (AvgIpc) is 3.33. The van der Waals surface area contributed by atoms with Gasteiger partial charge in [-0.3, -0.25) is 4.79 Å². The minimum Gasteiger partial charge on any atom is -0.465 e. The van der Waals surface area contributed by atoms with Gasteiger partial charge in [-0.05, 0) is 72.9 Å². The maximum Gasteiger partial charge on any atom is 0.418 e. The van der Waals surface area contributed by atoms with Crippen molar-refractivity contribution < 1.29 is 41.8 Å². The van der Waals surface area contributed by atoms with E-state index >= 15 is 0 Å². The van der Waals surface area contributed by atoms with Gasteiger partial charge in [0.05, 0.1) is 28.9 Å². The van der Waals surface area contributed by atoms with Gasteiger partial charge in [-0.2, -0.15) is 13.2 Å². The third kappa shape index (κ3) is 8.56. The predicted molar refractivity (Wildman–Crippen MR) is 192 cm³/mol. The summed E-state index contributed by atoms with van der Waals surface area (Å²) in [6, 6.07) is 16.2. The summed E-state index contributed by atoms with van der Waals surface area (Å²) >= 11 is 6.10. The zero-order chi connectivity index (χ0) is 37.9. The molecule has 0 aliphatic carbocycles. The van der Waals surface area contributed by atoms with Crippen molar-refractivity contribution in [3.8, 4) is 0 Å². The van der Waals surface area contributed by atoms with Crippen LogP contribution in [0.3, 0.4) is 0 Å².